The summed E-state index contributed by atoms with van der Waals surface area (Å²) in [5.41, 5.74) is 2.37. The van der Waals surface area contributed by atoms with E-state index in [1.807, 2.05) is 23.1 Å². The van der Waals surface area contributed by atoms with E-state index in [0.29, 0.717) is 6.04 Å². The molecule has 2 heterocycles. The minimum absolute atomic E-state index is 0.0924. The molecule has 0 fully saturated rings. The molecule has 1 N–H and O–H groups in total. The number of hydrogen-bond donors (Lipinski definition) is 1. The molecule has 19 heavy (non-hydrogen) atoms. The summed E-state index contributed by atoms with van der Waals surface area (Å²) >= 11 is 8.15. The number of thiophene rings is 1. The predicted octanol–water partition coefficient (Wildman–Crippen LogP) is 4.10. The zero-order valence-electron chi connectivity index (χ0n) is 12.0. The minimum Gasteiger partial charge on any atom is -0.307 e. The SMILES string of the molecule is CNC(c1cc(C)c(C)s1)c1c(Cl)cnn1C(C)C. The summed E-state index contributed by atoms with van der Waals surface area (Å²) in [6.07, 6.45) is 1.73. The van der Waals surface area contributed by atoms with Crippen molar-refractivity contribution in [2.75, 3.05) is 7.05 Å². The van der Waals surface area contributed by atoms with Crippen LogP contribution in [-0.2, 0) is 0 Å². The molecule has 0 bridgehead atoms. The quantitative estimate of drug-likeness (QED) is 0.920. The van der Waals surface area contributed by atoms with Crippen LogP contribution < -0.4 is 5.32 Å². The molecule has 2 aromatic rings. The van der Waals surface area contributed by atoms with Gasteiger partial charge in [0, 0.05) is 15.8 Å². The van der Waals surface area contributed by atoms with Crippen LogP contribution in [0.15, 0.2) is 12.3 Å². The van der Waals surface area contributed by atoms with Crippen LogP contribution in [0.4, 0.5) is 0 Å². The molecule has 1 unspecified atom stereocenters. The van der Waals surface area contributed by atoms with Crippen molar-refractivity contribution in [2.45, 2.75) is 39.8 Å². The first-order valence-electron chi connectivity index (χ1n) is 6.42. The van der Waals surface area contributed by atoms with Gasteiger partial charge in [0.05, 0.1) is 23.0 Å². The van der Waals surface area contributed by atoms with Crippen LogP contribution in [0.3, 0.4) is 0 Å². The highest BCUT2D eigenvalue weighted by atomic mass is 35.5. The molecule has 0 aliphatic heterocycles. The normalized spacial score (nSPS) is 13.2. The number of nitrogens with one attached hydrogen (secondary N) is 1. The van der Waals surface area contributed by atoms with E-state index < -0.39 is 0 Å². The van der Waals surface area contributed by atoms with Crippen molar-refractivity contribution in [1.82, 2.24) is 15.1 Å². The first kappa shape index (κ1) is 14.6. The van der Waals surface area contributed by atoms with Crippen LogP contribution in [-0.4, -0.2) is 16.8 Å². The summed E-state index contributed by atoms with van der Waals surface area (Å²) in [5, 5.41) is 8.47. The second-order valence-corrected chi connectivity index (χ2v) is 6.72. The Balaban J connectivity index is 2.50. The summed E-state index contributed by atoms with van der Waals surface area (Å²) in [6, 6.07) is 2.62. The highest BCUT2D eigenvalue weighted by Gasteiger charge is 2.23. The molecule has 0 spiro atoms. The number of nitrogens with zero attached hydrogens (tertiary/aromatic N) is 2. The van der Waals surface area contributed by atoms with Crippen molar-refractivity contribution < 1.29 is 0 Å². The van der Waals surface area contributed by atoms with Crippen LogP contribution in [0.1, 0.15) is 46.9 Å². The van der Waals surface area contributed by atoms with E-state index in [-0.39, 0.29) is 6.04 Å². The topological polar surface area (TPSA) is 29.9 Å². The number of aromatic nitrogens is 2. The van der Waals surface area contributed by atoms with Crippen molar-refractivity contribution in [3.05, 3.63) is 38.3 Å². The molecule has 2 rings (SSSR count). The van der Waals surface area contributed by atoms with Crippen molar-refractivity contribution >= 4 is 22.9 Å². The van der Waals surface area contributed by atoms with E-state index in [2.05, 4.69) is 44.2 Å². The fourth-order valence-corrected chi connectivity index (χ4v) is 3.59. The smallest absolute Gasteiger partial charge is 0.0855 e. The van der Waals surface area contributed by atoms with Gasteiger partial charge >= 0.3 is 0 Å². The van der Waals surface area contributed by atoms with E-state index in [1.54, 1.807) is 6.20 Å². The lowest BCUT2D eigenvalue weighted by molar-refractivity contribution is 0.486. The predicted molar refractivity (Wildman–Crippen MR) is 82.3 cm³/mol. The molecule has 0 aliphatic carbocycles. The van der Waals surface area contributed by atoms with Gasteiger partial charge in [-0.15, -0.1) is 11.3 Å². The molecule has 0 amide bonds. The van der Waals surface area contributed by atoms with Crippen LogP contribution in [0.2, 0.25) is 5.02 Å². The molecule has 2 aromatic heterocycles. The van der Waals surface area contributed by atoms with Gasteiger partial charge in [0.2, 0.25) is 0 Å². The second kappa shape index (κ2) is 5.65. The summed E-state index contributed by atoms with van der Waals surface area (Å²) in [4.78, 5) is 2.63. The summed E-state index contributed by atoms with van der Waals surface area (Å²) in [7, 11) is 1.96. The summed E-state index contributed by atoms with van der Waals surface area (Å²) in [5.74, 6) is 0. The Kier molecular flexibility index (Phi) is 4.33. The zero-order valence-corrected chi connectivity index (χ0v) is 13.6. The lowest BCUT2D eigenvalue weighted by atomic mass is 10.1. The molecule has 0 radical (unpaired) electrons. The molecule has 5 heteroatoms. The second-order valence-electron chi connectivity index (χ2n) is 5.03. The molecular weight excluding hydrogens is 278 g/mol. The Morgan fingerprint density at radius 1 is 1.37 bits per heavy atom. The number of halogens is 1. The third-order valence-electron chi connectivity index (χ3n) is 3.31. The third-order valence-corrected chi connectivity index (χ3v) is 4.82. The van der Waals surface area contributed by atoms with Gasteiger partial charge in [-0.1, -0.05) is 11.6 Å². The standard InChI is InChI=1S/C14H20ClN3S/c1-8(2)18-14(11(15)7-17-18)13(16-5)12-6-9(3)10(4)19-12/h6-8,13,16H,1-5H3. The van der Waals surface area contributed by atoms with E-state index in [1.165, 1.54) is 15.3 Å². The fraction of sp³-hybridized carbons (Fsp3) is 0.500. The Bertz CT molecular complexity index is 552. The molecule has 0 aliphatic rings. The third kappa shape index (κ3) is 2.71. The van der Waals surface area contributed by atoms with Crippen LogP contribution >= 0.6 is 22.9 Å². The van der Waals surface area contributed by atoms with Crippen LogP contribution in [0, 0.1) is 13.8 Å². The van der Waals surface area contributed by atoms with E-state index in [9.17, 15) is 0 Å². The van der Waals surface area contributed by atoms with Crippen LogP contribution in [0.25, 0.3) is 0 Å². The van der Waals surface area contributed by atoms with E-state index in [4.69, 9.17) is 11.6 Å². The zero-order chi connectivity index (χ0) is 14.2. The average Bonchev–Trinajstić information content (AvgIpc) is 2.86. The van der Waals surface area contributed by atoms with E-state index >= 15 is 0 Å². The Labute approximate surface area is 123 Å². The van der Waals surface area contributed by atoms with Gasteiger partial charge in [-0.05, 0) is 46.4 Å². The van der Waals surface area contributed by atoms with Gasteiger partial charge < -0.3 is 5.32 Å². The van der Waals surface area contributed by atoms with Crippen molar-refractivity contribution in [1.29, 1.82) is 0 Å². The Morgan fingerprint density at radius 2 is 2.05 bits per heavy atom. The first-order valence-corrected chi connectivity index (χ1v) is 7.62. The maximum absolute atomic E-state index is 6.34. The first-order chi connectivity index (χ1) is 8.95. The minimum atomic E-state index is 0.0924. The molecule has 0 aromatic carbocycles. The number of aryl methyl sites for hydroxylation is 2. The van der Waals surface area contributed by atoms with Gasteiger partial charge in [0.15, 0.2) is 0 Å². The van der Waals surface area contributed by atoms with Gasteiger partial charge in [-0.3, -0.25) is 4.68 Å². The number of rotatable bonds is 4. The molecule has 1 atom stereocenters. The van der Waals surface area contributed by atoms with Gasteiger partial charge in [0.25, 0.3) is 0 Å². The molecule has 0 saturated heterocycles. The van der Waals surface area contributed by atoms with E-state index in [0.717, 1.165) is 10.7 Å². The molecule has 0 saturated carbocycles. The monoisotopic (exact) mass is 297 g/mol. The molecular formula is C14H20ClN3S. The maximum Gasteiger partial charge on any atom is 0.0855 e. The van der Waals surface area contributed by atoms with Crippen LogP contribution in [0.5, 0.6) is 0 Å². The highest BCUT2D eigenvalue weighted by molar-refractivity contribution is 7.12. The molecule has 104 valence electrons. The number of hydrogen-bond acceptors (Lipinski definition) is 3. The lowest BCUT2D eigenvalue weighted by Gasteiger charge is -2.19. The largest absolute Gasteiger partial charge is 0.307 e. The van der Waals surface area contributed by atoms with Gasteiger partial charge in [-0.2, -0.15) is 5.10 Å². The van der Waals surface area contributed by atoms with Gasteiger partial charge in [0.1, 0.15) is 0 Å². The fourth-order valence-electron chi connectivity index (χ4n) is 2.19. The summed E-state index contributed by atoms with van der Waals surface area (Å²) in [6.45, 7) is 8.52. The average molecular weight is 298 g/mol. The molecule has 3 nitrogen and oxygen atoms in total. The lowest BCUT2D eigenvalue weighted by Crippen LogP contribution is -2.22. The summed E-state index contributed by atoms with van der Waals surface area (Å²) < 4.78 is 1.99. The Morgan fingerprint density at radius 3 is 2.53 bits per heavy atom. The Hall–Kier alpha value is -0.840. The van der Waals surface area contributed by atoms with Gasteiger partial charge in [-0.25, -0.2) is 0 Å². The maximum atomic E-state index is 6.34. The van der Waals surface area contributed by atoms with Crippen molar-refractivity contribution in [3.8, 4) is 0 Å². The van der Waals surface area contributed by atoms with Crippen molar-refractivity contribution in [2.24, 2.45) is 0 Å². The van der Waals surface area contributed by atoms with Crippen molar-refractivity contribution in [3.63, 3.8) is 0 Å². The highest BCUT2D eigenvalue weighted by Crippen LogP contribution is 2.34.